The summed E-state index contributed by atoms with van der Waals surface area (Å²) in [5.74, 6) is 1.86. The van der Waals surface area contributed by atoms with Gasteiger partial charge >= 0.3 is 0 Å². The molecule has 3 aliphatic rings. The van der Waals surface area contributed by atoms with Gasteiger partial charge < -0.3 is 10.5 Å². The Morgan fingerprint density at radius 2 is 2.22 bits per heavy atom. The van der Waals surface area contributed by atoms with Crippen molar-refractivity contribution < 1.29 is 5.21 Å². The van der Waals surface area contributed by atoms with Crippen LogP contribution in [0.3, 0.4) is 0 Å². The van der Waals surface area contributed by atoms with E-state index < -0.39 is 0 Å². The Morgan fingerprint density at radius 3 is 3.09 bits per heavy atom. The van der Waals surface area contributed by atoms with Gasteiger partial charge in [-0.15, -0.1) is 0 Å². The van der Waals surface area contributed by atoms with Crippen LogP contribution in [0.1, 0.15) is 24.5 Å². The largest absolute Gasteiger partial charge is 0.411 e. The van der Waals surface area contributed by atoms with Gasteiger partial charge in [-0.05, 0) is 43.0 Å². The third-order valence-corrected chi connectivity index (χ3v) is 4.29. The van der Waals surface area contributed by atoms with Crippen molar-refractivity contribution in [1.29, 1.82) is 0 Å². The normalized spacial score (nSPS) is 20.7. The molecule has 1 aromatic carbocycles. The number of amidine groups is 1. The Kier molecular flexibility index (Phi) is 3.22. The average Bonchev–Trinajstić information content (AvgIpc) is 3.00. The fourth-order valence-corrected chi connectivity index (χ4v) is 3.09. The zero-order valence-electron chi connectivity index (χ0n) is 12.8. The maximum atomic E-state index is 9.03. The van der Waals surface area contributed by atoms with Crippen molar-refractivity contribution in [2.45, 2.75) is 19.8 Å². The van der Waals surface area contributed by atoms with E-state index in [4.69, 9.17) is 5.21 Å². The molecule has 0 spiro atoms. The lowest BCUT2D eigenvalue weighted by molar-refractivity contribution is 0.318. The Balaban J connectivity index is 1.63. The summed E-state index contributed by atoms with van der Waals surface area (Å²) in [7, 11) is 0. The Labute approximate surface area is 134 Å². The van der Waals surface area contributed by atoms with Crippen LogP contribution >= 0.6 is 0 Å². The molecule has 0 unspecified atom stereocenters. The van der Waals surface area contributed by atoms with E-state index in [1.54, 1.807) is 12.4 Å². The summed E-state index contributed by atoms with van der Waals surface area (Å²) in [5, 5.41) is 15.9. The third kappa shape index (κ3) is 2.32. The standard InChI is InChI=1S/C17H17N5O/c1-11-9-19-16-10-18-6-7-22(16)17(11)20-13-3-4-14-12(8-13)2-5-15(14)21-23/h3-4,6-8,10,20,23H,2,5,9H2,1H3/b21-15+. The molecule has 2 aliphatic heterocycles. The summed E-state index contributed by atoms with van der Waals surface area (Å²) in [4.78, 5) is 10.6. The Hall–Kier alpha value is -2.89. The quantitative estimate of drug-likeness (QED) is 0.652. The van der Waals surface area contributed by atoms with E-state index in [0.717, 1.165) is 41.5 Å². The number of aryl methyl sites for hydroxylation is 1. The maximum absolute atomic E-state index is 9.03. The van der Waals surface area contributed by atoms with E-state index >= 15 is 0 Å². The first-order valence-electron chi connectivity index (χ1n) is 7.61. The van der Waals surface area contributed by atoms with Crippen LogP contribution in [0.2, 0.25) is 0 Å². The van der Waals surface area contributed by atoms with Crippen LogP contribution in [-0.4, -0.2) is 34.4 Å². The second-order valence-corrected chi connectivity index (χ2v) is 5.79. The van der Waals surface area contributed by atoms with Gasteiger partial charge in [-0.1, -0.05) is 11.2 Å². The molecule has 6 nitrogen and oxygen atoms in total. The monoisotopic (exact) mass is 307 g/mol. The first-order valence-corrected chi connectivity index (χ1v) is 7.61. The molecule has 0 atom stereocenters. The number of aliphatic imine (C=N–C) groups is 2. The van der Waals surface area contributed by atoms with Gasteiger partial charge in [0.2, 0.25) is 0 Å². The number of rotatable bonds is 2. The lowest BCUT2D eigenvalue weighted by atomic mass is 10.1. The molecule has 6 heteroatoms. The third-order valence-electron chi connectivity index (χ3n) is 4.29. The molecule has 0 saturated carbocycles. The number of hydrogen-bond donors (Lipinski definition) is 2. The van der Waals surface area contributed by atoms with Crippen LogP contribution in [0.4, 0.5) is 5.69 Å². The smallest absolute Gasteiger partial charge is 0.152 e. The number of benzene rings is 1. The molecule has 0 fully saturated rings. The highest BCUT2D eigenvalue weighted by atomic mass is 16.4. The minimum Gasteiger partial charge on any atom is -0.411 e. The van der Waals surface area contributed by atoms with Gasteiger partial charge in [0.25, 0.3) is 0 Å². The predicted molar refractivity (Wildman–Crippen MR) is 91.2 cm³/mol. The lowest BCUT2D eigenvalue weighted by Crippen LogP contribution is -2.35. The zero-order valence-corrected chi connectivity index (χ0v) is 12.8. The fraction of sp³-hybridized carbons (Fsp3) is 0.235. The zero-order chi connectivity index (χ0) is 15.8. The van der Waals surface area contributed by atoms with Gasteiger partial charge in [0.15, 0.2) is 5.84 Å². The minimum absolute atomic E-state index is 0.667. The molecule has 0 aromatic heterocycles. The molecule has 1 aromatic rings. The molecule has 2 N–H and O–H groups in total. The van der Waals surface area contributed by atoms with E-state index in [2.05, 4.69) is 33.4 Å². The molecule has 0 bridgehead atoms. The molecule has 116 valence electrons. The van der Waals surface area contributed by atoms with Gasteiger partial charge in [-0.2, -0.15) is 0 Å². The second kappa shape index (κ2) is 5.39. The van der Waals surface area contributed by atoms with Crippen molar-refractivity contribution >= 4 is 23.4 Å². The number of anilines is 1. The van der Waals surface area contributed by atoms with Gasteiger partial charge in [0.05, 0.1) is 18.5 Å². The van der Waals surface area contributed by atoms with Crippen LogP contribution in [0.15, 0.2) is 57.1 Å². The summed E-state index contributed by atoms with van der Waals surface area (Å²) >= 11 is 0. The maximum Gasteiger partial charge on any atom is 0.152 e. The topological polar surface area (TPSA) is 72.6 Å². The van der Waals surface area contributed by atoms with E-state index in [1.807, 2.05) is 23.2 Å². The molecule has 0 amide bonds. The number of hydrogen-bond acceptors (Lipinski definition) is 6. The van der Waals surface area contributed by atoms with Crippen LogP contribution in [0.25, 0.3) is 0 Å². The first-order chi connectivity index (χ1) is 11.3. The highest BCUT2D eigenvalue weighted by molar-refractivity contribution is 6.31. The number of nitrogens with zero attached hydrogens (tertiary/aromatic N) is 4. The summed E-state index contributed by atoms with van der Waals surface area (Å²) in [5.41, 5.74) is 5.21. The lowest BCUT2D eigenvalue weighted by Gasteiger charge is -2.30. The number of nitrogens with one attached hydrogen (secondary N) is 1. The SMILES string of the molecule is CC1=C(Nc2ccc3c(c2)CC/C3=N\O)N2C=CN=CC2=NC1. The van der Waals surface area contributed by atoms with Crippen molar-refractivity contribution in [2.75, 3.05) is 11.9 Å². The summed E-state index contributed by atoms with van der Waals surface area (Å²) in [6.07, 6.45) is 7.13. The molecule has 1 aliphatic carbocycles. The van der Waals surface area contributed by atoms with Crippen LogP contribution < -0.4 is 5.32 Å². The van der Waals surface area contributed by atoms with Crippen LogP contribution in [0, 0.1) is 0 Å². The van der Waals surface area contributed by atoms with Gasteiger partial charge in [-0.3, -0.25) is 14.9 Å². The highest BCUT2D eigenvalue weighted by Gasteiger charge is 2.22. The Morgan fingerprint density at radius 1 is 1.30 bits per heavy atom. The molecule has 0 saturated heterocycles. The van der Waals surface area contributed by atoms with E-state index in [1.165, 1.54) is 11.1 Å². The van der Waals surface area contributed by atoms with Crippen LogP contribution in [-0.2, 0) is 6.42 Å². The van der Waals surface area contributed by atoms with E-state index in [9.17, 15) is 0 Å². The Bertz CT molecular complexity index is 816. The van der Waals surface area contributed by atoms with Crippen molar-refractivity contribution in [1.82, 2.24) is 4.90 Å². The van der Waals surface area contributed by atoms with Crippen molar-refractivity contribution in [3.63, 3.8) is 0 Å². The van der Waals surface area contributed by atoms with Crippen molar-refractivity contribution in [3.05, 3.63) is 53.1 Å². The van der Waals surface area contributed by atoms with Gasteiger partial charge in [-0.25, -0.2) is 0 Å². The van der Waals surface area contributed by atoms with E-state index in [0.29, 0.717) is 6.54 Å². The number of oxime groups is 1. The molecule has 23 heavy (non-hydrogen) atoms. The van der Waals surface area contributed by atoms with Gasteiger partial charge in [0, 0.05) is 23.7 Å². The molecule has 4 rings (SSSR count). The van der Waals surface area contributed by atoms with Crippen molar-refractivity contribution in [3.8, 4) is 0 Å². The molecular weight excluding hydrogens is 290 g/mol. The fourth-order valence-electron chi connectivity index (χ4n) is 3.09. The minimum atomic E-state index is 0.667. The summed E-state index contributed by atoms with van der Waals surface area (Å²) in [6.45, 7) is 2.74. The van der Waals surface area contributed by atoms with Crippen LogP contribution in [0.5, 0.6) is 0 Å². The first kappa shape index (κ1) is 13.8. The molecular formula is C17H17N5O. The summed E-state index contributed by atoms with van der Waals surface area (Å²) in [6, 6.07) is 6.16. The van der Waals surface area contributed by atoms with Gasteiger partial charge in [0.1, 0.15) is 5.82 Å². The predicted octanol–water partition coefficient (Wildman–Crippen LogP) is 2.72. The second-order valence-electron chi connectivity index (χ2n) is 5.79. The molecule has 0 radical (unpaired) electrons. The average molecular weight is 307 g/mol. The highest BCUT2D eigenvalue weighted by Crippen LogP contribution is 2.28. The summed E-state index contributed by atoms with van der Waals surface area (Å²) < 4.78 is 0. The van der Waals surface area contributed by atoms with Crippen molar-refractivity contribution in [2.24, 2.45) is 15.1 Å². The van der Waals surface area contributed by atoms with E-state index in [-0.39, 0.29) is 0 Å². The number of fused-ring (bicyclic) bond motifs is 2. The molecule has 2 heterocycles.